The number of benzene rings is 1. The van der Waals surface area contributed by atoms with Gasteiger partial charge in [-0.3, -0.25) is 10.3 Å². The fourth-order valence-electron chi connectivity index (χ4n) is 4.78. The van der Waals surface area contributed by atoms with E-state index >= 15 is 0 Å². The molecule has 1 aliphatic carbocycles. The molecule has 2 atom stereocenters. The largest absolute Gasteiger partial charge is 0.508 e. The minimum Gasteiger partial charge on any atom is -0.508 e. The standard InChI is InChI=1S/C24H26ClN7OS/c1-31-23(34)20(21(26)32-18-5-3-2-4-17(18)30-24(31)32)22(29-15-7-9-16(33)10-8-15)28-13-14-6-11-19(25)27-12-14/h6-12,17-18H,2-5,13H2,1H3,(H4,26,28,29,33,34)/p+1. The average molecular weight is 497 g/mol. The lowest BCUT2D eigenvalue weighted by Gasteiger charge is -2.23. The molecule has 0 spiro atoms. The Balaban J connectivity index is 1.61. The van der Waals surface area contributed by atoms with E-state index < -0.39 is 0 Å². The maximum atomic E-state index is 9.70. The van der Waals surface area contributed by atoms with Crippen molar-refractivity contribution >= 4 is 47.1 Å². The van der Waals surface area contributed by atoms with Gasteiger partial charge in [-0.1, -0.05) is 17.7 Å². The zero-order valence-corrected chi connectivity index (χ0v) is 20.4. The van der Waals surface area contributed by atoms with Gasteiger partial charge in [0.05, 0.1) is 13.6 Å². The Morgan fingerprint density at radius 1 is 1.29 bits per heavy atom. The van der Waals surface area contributed by atoms with Gasteiger partial charge in [-0.2, -0.15) is 0 Å². The Kier molecular flexibility index (Phi) is 6.14. The summed E-state index contributed by atoms with van der Waals surface area (Å²) in [5.41, 5.74) is 9.19. The molecule has 1 saturated carbocycles. The van der Waals surface area contributed by atoms with Crippen LogP contribution in [0.3, 0.4) is 0 Å². The van der Waals surface area contributed by atoms with Crippen LogP contribution in [0.15, 0.2) is 47.6 Å². The number of hydrogen-bond acceptors (Lipinski definition) is 6. The van der Waals surface area contributed by atoms with Crippen LogP contribution in [-0.2, 0) is 13.6 Å². The highest BCUT2D eigenvalue weighted by atomic mass is 35.5. The van der Waals surface area contributed by atoms with Gasteiger partial charge in [-0.25, -0.2) is 14.1 Å². The highest BCUT2D eigenvalue weighted by Gasteiger charge is 2.43. The summed E-state index contributed by atoms with van der Waals surface area (Å²) in [6.45, 7) is 0.370. The van der Waals surface area contributed by atoms with Crippen molar-refractivity contribution in [1.29, 1.82) is 0 Å². The minimum atomic E-state index is 0.189. The molecule has 1 fully saturated rings. The molecule has 0 amide bonds. The van der Waals surface area contributed by atoms with Crippen molar-refractivity contribution in [1.82, 2.24) is 9.55 Å². The maximum Gasteiger partial charge on any atom is 0.360 e. The molecule has 10 heteroatoms. The first-order chi connectivity index (χ1) is 16.4. The number of aromatic hydroxyl groups is 1. The van der Waals surface area contributed by atoms with Crippen LogP contribution in [0.1, 0.15) is 42.9 Å². The van der Waals surface area contributed by atoms with Gasteiger partial charge in [0.2, 0.25) is 0 Å². The number of hydrogen-bond donors (Lipinski definition) is 4. The van der Waals surface area contributed by atoms with Crippen molar-refractivity contribution in [2.45, 2.75) is 44.3 Å². The molecule has 1 aromatic carbocycles. The van der Waals surface area contributed by atoms with Gasteiger partial charge in [0.25, 0.3) is 0 Å². The maximum absolute atomic E-state index is 9.70. The van der Waals surface area contributed by atoms with Gasteiger partial charge in [0.1, 0.15) is 34.4 Å². The van der Waals surface area contributed by atoms with Crippen molar-refractivity contribution < 1.29 is 9.67 Å². The molecule has 1 aliphatic heterocycles. The highest BCUT2D eigenvalue weighted by Crippen LogP contribution is 2.39. The molecule has 5 N–H and O–H groups in total. The number of nitrogens with one attached hydrogen (secondary N) is 2. The number of rotatable bonds is 4. The number of aromatic nitrogens is 3. The molecule has 0 radical (unpaired) electrons. The van der Waals surface area contributed by atoms with Crippen LogP contribution in [0.4, 0.5) is 17.5 Å². The third-order valence-electron chi connectivity index (χ3n) is 6.53. The van der Waals surface area contributed by atoms with Gasteiger partial charge in [-0.05, 0) is 73.8 Å². The van der Waals surface area contributed by atoms with E-state index in [2.05, 4.69) is 20.2 Å². The number of nitrogen functional groups attached to an aromatic ring is 1. The minimum absolute atomic E-state index is 0.189. The van der Waals surface area contributed by atoms with Crippen LogP contribution in [0.5, 0.6) is 5.75 Å². The number of fused-ring (bicyclic) bond motifs is 3. The summed E-state index contributed by atoms with van der Waals surface area (Å²) >= 11 is 11.8. The molecule has 8 nitrogen and oxygen atoms in total. The van der Waals surface area contributed by atoms with Crippen molar-refractivity contribution in [3.63, 3.8) is 0 Å². The number of phenolic OH excluding ortho intramolecular Hbond substituents is 1. The second-order valence-corrected chi connectivity index (χ2v) is 9.52. The number of phenols is 1. The molecule has 2 aromatic heterocycles. The third kappa shape index (κ3) is 4.21. The van der Waals surface area contributed by atoms with Gasteiger partial charge in [0, 0.05) is 11.9 Å². The lowest BCUT2D eigenvalue weighted by molar-refractivity contribution is -0.667. The van der Waals surface area contributed by atoms with Crippen molar-refractivity contribution in [2.75, 3.05) is 16.4 Å². The summed E-state index contributed by atoms with van der Waals surface area (Å²) in [4.78, 5) is 9.02. The molecule has 2 unspecified atom stereocenters. The van der Waals surface area contributed by atoms with Crippen LogP contribution >= 0.6 is 23.8 Å². The Morgan fingerprint density at radius 3 is 2.79 bits per heavy atom. The van der Waals surface area contributed by atoms with Crippen LogP contribution in [0.25, 0.3) is 0 Å². The van der Waals surface area contributed by atoms with Crippen LogP contribution in [-0.4, -0.2) is 26.5 Å². The molecular formula is C24H27ClN7OS+. The van der Waals surface area contributed by atoms with Gasteiger partial charge in [-0.15, -0.1) is 0 Å². The van der Waals surface area contributed by atoms with Crippen LogP contribution in [0, 0.1) is 4.64 Å². The lowest BCUT2D eigenvalue weighted by Crippen LogP contribution is -2.39. The fourth-order valence-corrected chi connectivity index (χ4v) is 5.18. The van der Waals surface area contributed by atoms with Gasteiger partial charge in [0.15, 0.2) is 10.5 Å². The monoisotopic (exact) mass is 496 g/mol. The first-order valence-corrected chi connectivity index (χ1v) is 12.1. The smallest absolute Gasteiger partial charge is 0.360 e. The average Bonchev–Trinajstić information content (AvgIpc) is 3.23. The van der Waals surface area contributed by atoms with E-state index in [-0.39, 0.29) is 5.75 Å². The molecule has 2 aliphatic rings. The summed E-state index contributed by atoms with van der Waals surface area (Å²) in [6, 6.07) is 11.1. The highest BCUT2D eigenvalue weighted by molar-refractivity contribution is 7.71. The fraction of sp³-hybridized carbons (Fsp3) is 0.333. The lowest BCUT2D eigenvalue weighted by atomic mass is 9.91. The predicted molar refractivity (Wildman–Crippen MR) is 137 cm³/mol. The van der Waals surface area contributed by atoms with Crippen molar-refractivity contribution in [3.8, 4) is 5.75 Å². The number of nitrogens with zero attached hydrogens (tertiary/aromatic N) is 4. The van der Waals surface area contributed by atoms with E-state index in [0.29, 0.717) is 45.6 Å². The number of anilines is 3. The van der Waals surface area contributed by atoms with E-state index in [1.165, 1.54) is 12.8 Å². The molecular weight excluding hydrogens is 470 g/mol. The molecule has 3 aromatic rings. The summed E-state index contributed by atoms with van der Waals surface area (Å²) in [7, 11) is 1.96. The van der Waals surface area contributed by atoms with Crippen molar-refractivity contribution in [3.05, 3.63) is 63.5 Å². The van der Waals surface area contributed by atoms with E-state index in [0.717, 1.165) is 30.0 Å². The molecule has 176 valence electrons. The summed E-state index contributed by atoms with van der Waals surface area (Å²) < 4.78 is 4.76. The van der Waals surface area contributed by atoms with E-state index in [9.17, 15) is 5.11 Å². The van der Waals surface area contributed by atoms with Crippen LogP contribution < -0.4 is 20.9 Å². The van der Waals surface area contributed by atoms with Gasteiger partial charge >= 0.3 is 5.95 Å². The van der Waals surface area contributed by atoms with Crippen LogP contribution in [0.2, 0.25) is 5.15 Å². The summed E-state index contributed by atoms with van der Waals surface area (Å²) in [5.74, 6) is 2.29. The SMILES string of the molecule is C[n+]1c2n(c(N)c(C(=NCc3ccc(Cl)nc3)Nc3ccc(O)cc3)c1=S)C1CCCCC1N2. The Hall–Kier alpha value is -3.17. The topological polar surface area (TPSA) is 104 Å². The Bertz CT molecular complexity index is 1300. The zero-order valence-electron chi connectivity index (χ0n) is 18.8. The summed E-state index contributed by atoms with van der Waals surface area (Å²) in [6.07, 6.45) is 6.29. The molecule has 0 saturated heterocycles. The number of aliphatic imine (C=N–C) groups is 1. The third-order valence-corrected chi connectivity index (χ3v) is 7.23. The van der Waals surface area contributed by atoms with Crippen molar-refractivity contribution in [2.24, 2.45) is 12.0 Å². The second kappa shape index (κ2) is 9.23. The van der Waals surface area contributed by atoms with E-state index in [4.69, 9.17) is 34.5 Å². The Labute approximate surface area is 208 Å². The molecule has 0 bridgehead atoms. The molecule has 34 heavy (non-hydrogen) atoms. The first-order valence-electron chi connectivity index (χ1n) is 11.3. The number of nitrogens with two attached hydrogens (primary N) is 1. The molecule has 5 rings (SSSR count). The number of pyridine rings is 1. The Morgan fingerprint density at radius 2 is 2.06 bits per heavy atom. The summed E-state index contributed by atoms with van der Waals surface area (Å²) in [5, 5.41) is 17.1. The number of amidine groups is 1. The number of halogens is 1. The molecule has 3 heterocycles. The zero-order chi connectivity index (χ0) is 23.8. The predicted octanol–water partition coefficient (Wildman–Crippen LogP) is 4.35. The first kappa shape index (κ1) is 22.6. The van der Waals surface area contributed by atoms with E-state index in [1.54, 1.807) is 36.5 Å². The second-order valence-electron chi connectivity index (χ2n) is 8.75. The quantitative estimate of drug-likeness (QED) is 0.107. The van der Waals surface area contributed by atoms with Gasteiger partial charge < -0.3 is 16.2 Å². The normalized spacial score (nSPS) is 19.3. The van der Waals surface area contributed by atoms with E-state index in [1.807, 2.05) is 17.7 Å².